The van der Waals surface area contributed by atoms with E-state index in [1.165, 1.54) is 32.5 Å². The van der Waals surface area contributed by atoms with Crippen LogP contribution in [0.4, 0.5) is 0 Å². The quantitative estimate of drug-likeness (QED) is 0.582. The fraction of sp³-hybridized carbons (Fsp3) is 1.00. The maximum absolute atomic E-state index is 3.26. The van der Waals surface area contributed by atoms with Crippen molar-refractivity contribution in [3.05, 3.63) is 0 Å². The standard InChI is InChI=1S/C13H30N4/c1-14-8-6-12-13(7-9-15(2)3)17(12)11-10-16(4)5/h12-14H,6-11H2,1-5H3. The van der Waals surface area contributed by atoms with Crippen LogP contribution in [0.15, 0.2) is 0 Å². The zero-order chi connectivity index (χ0) is 12.8. The van der Waals surface area contributed by atoms with E-state index in [4.69, 9.17) is 0 Å². The lowest BCUT2D eigenvalue weighted by Crippen LogP contribution is -2.23. The third-order valence-corrected chi connectivity index (χ3v) is 3.57. The Balaban J connectivity index is 2.27. The van der Waals surface area contributed by atoms with Gasteiger partial charge in [-0.1, -0.05) is 0 Å². The zero-order valence-electron chi connectivity index (χ0n) is 12.2. The van der Waals surface area contributed by atoms with Crippen molar-refractivity contribution in [3.63, 3.8) is 0 Å². The summed E-state index contributed by atoms with van der Waals surface area (Å²) in [4.78, 5) is 7.23. The first kappa shape index (κ1) is 14.9. The molecule has 1 aliphatic heterocycles. The maximum Gasteiger partial charge on any atom is 0.0268 e. The third-order valence-electron chi connectivity index (χ3n) is 3.57. The summed E-state index contributed by atoms with van der Waals surface area (Å²) < 4.78 is 0. The summed E-state index contributed by atoms with van der Waals surface area (Å²) in [5, 5.41) is 3.26. The predicted molar refractivity (Wildman–Crippen MR) is 74.6 cm³/mol. The summed E-state index contributed by atoms with van der Waals surface area (Å²) in [6, 6.07) is 1.65. The molecule has 0 saturated carbocycles. The van der Waals surface area contributed by atoms with Crippen molar-refractivity contribution < 1.29 is 0 Å². The topological polar surface area (TPSA) is 21.5 Å². The highest BCUT2D eigenvalue weighted by Gasteiger charge is 2.45. The van der Waals surface area contributed by atoms with E-state index >= 15 is 0 Å². The number of hydrogen-bond donors (Lipinski definition) is 1. The molecule has 0 aliphatic carbocycles. The molecular formula is C13H30N4. The summed E-state index contributed by atoms with van der Waals surface area (Å²) in [5.41, 5.74) is 0. The van der Waals surface area contributed by atoms with Crippen molar-refractivity contribution in [1.82, 2.24) is 20.0 Å². The van der Waals surface area contributed by atoms with E-state index in [0.717, 1.165) is 18.6 Å². The fourth-order valence-corrected chi connectivity index (χ4v) is 2.44. The second-order valence-electron chi connectivity index (χ2n) is 5.66. The molecular weight excluding hydrogens is 212 g/mol. The first-order valence-electron chi connectivity index (χ1n) is 6.76. The number of hydrogen-bond acceptors (Lipinski definition) is 4. The summed E-state index contributed by atoms with van der Waals surface area (Å²) in [7, 11) is 10.7. The Kier molecular flexibility index (Phi) is 6.41. The van der Waals surface area contributed by atoms with Crippen LogP contribution in [0.5, 0.6) is 0 Å². The summed E-state index contributed by atoms with van der Waals surface area (Å²) in [6.45, 7) is 4.74. The molecule has 3 atom stereocenters. The molecule has 1 rings (SSSR count). The van der Waals surface area contributed by atoms with E-state index < -0.39 is 0 Å². The first-order valence-corrected chi connectivity index (χ1v) is 6.76. The Morgan fingerprint density at radius 2 is 1.53 bits per heavy atom. The molecule has 4 heteroatoms. The molecule has 0 aromatic heterocycles. The van der Waals surface area contributed by atoms with Gasteiger partial charge in [-0.3, -0.25) is 4.90 Å². The van der Waals surface area contributed by atoms with Gasteiger partial charge in [0.15, 0.2) is 0 Å². The van der Waals surface area contributed by atoms with Crippen LogP contribution in [-0.4, -0.2) is 88.2 Å². The van der Waals surface area contributed by atoms with Gasteiger partial charge in [-0.15, -0.1) is 0 Å². The molecule has 0 amide bonds. The Morgan fingerprint density at radius 1 is 0.941 bits per heavy atom. The van der Waals surface area contributed by atoms with Gasteiger partial charge in [0.05, 0.1) is 0 Å². The lowest BCUT2D eigenvalue weighted by atomic mass is 10.2. The van der Waals surface area contributed by atoms with Crippen molar-refractivity contribution >= 4 is 0 Å². The van der Waals surface area contributed by atoms with Crippen LogP contribution in [-0.2, 0) is 0 Å². The molecule has 1 fully saturated rings. The normalized spacial score (nSPS) is 28.1. The fourth-order valence-electron chi connectivity index (χ4n) is 2.44. The van der Waals surface area contributed by atoms with Crippen molar-refractivity contribution in [1.29, 1.82) is 0 Å². The van der Waals surface area contributed by atoms with Crippen LogP contribution in [0.25, 0.3) is 0 Å². The third kappa shape index (κ3) is 5.34. The summed E-state index contributed by atoms with van der Waals surface area (Å²) in [6.07, 6.45) is 2.61. The van der Waals surface area contributed by atoms with Gasteiger partial charge in [-0.2, -0.15) is 0 Å². The molecule has 0 spiro atoms. The van der Waals surface area contributed by atoms with Gasteiger partial charge in [0.2, 0.25) is 0 Å². The van der Waals surface area contributed by atoms with Crippen LogP contribution in [0, 0.1) is 0 Å². The number of rotatable bonds is 9. The SMILES string of the molecule is CNCCC1C(CCN(C)C)N1CCN(C)C. The van der Waals surface area contributed by atoms with E-state index in [-0.39, 0.29) is 0 Å². The minimum atomic E-state index is 0.822. The van der Waals surface area contributed by atoms with Gasteiger partial charge in [0.1, 0.15) is 0 Å². The van der Waals surface area contributed by atoms with Crippen LogP contribution in [0.3, 0.4) is 0 Å². The van der Waals surface area contributed by atoms with Crippen LogP contribution in [0.2, 0.25) is 0 Å². The molecule has 3 unspecified atom stereocenters. The van der Waals surface area contributed by atoms with Crippen molar-refractivity contribution in [3.8, 4) is 0 Å². The van der Waals surface area contributed by atoms with Gasteiger partial charge in [0, 0.05) is 25.2 Å². The largest absolute Gasteiger partial charge is 0.320 e. The average Bonchev–Trinajstić information content (AvgIpc) is 2.93. The molecule has 17 heavy (non-hydrogen) atoms. The zero-order valence-corrected chi connectivity index (χ0v) is 12.2. The lowest BCUT2D eigenvalue weighted by molar-refractivity contribution is 0.335. The minimum absolute atomic E-state index is 0.822. The van der Waals surface area contributed by atoms with Crippen LogP contribution in [0.1, 0.15) is 12.8 Å². The number of nitrogens with one attached hydrogen (secondary N) is 1. The van der Waals surface area contributed by atoms with Gasteiger partial charge >= 0.3 is 0 Å². The van der Waals surface area contributed by atoms with Gasteiger partial charge in [-0.05, 0) is 61.2 Å². The molecule has 1 heterocycles. The van der Waals surface area contributed by atoms with E-state index in [2.05, 4.69) is 48.2 Å². The van der Waals surface area contributed by atoms with E-state index in [1.807, 2.05) is 7.05 Å². The molecule has 1 saturated heterocycles. The molecule has 102 valence electrons. The summed E-state index contributed by atoms with van der Waals surface area (Å²) in [5.74, 6) is 0. The highest BCUT2D eigenvalue weighted by atomic mass is 15.4. The monoisotopic (exact) mass is 242 g/mol. The highest BCUT2D eigenvalue weighted by molar-refractivity contribution is 5.02. The second kappa shape index (κ2) is 7.31. The predicted octanol–water partition coefficient (Wildman–Crippen LogP) is 0.162. The van der Waals surface area contributed by atoms with Crippen molar-refractivity contribution in [2.45, 2.75) is 24.9 Å². The Hall–Kier alpha value is -0.160. The second-order valence-corrected chi connectivity index (χ2v) is 5.66. The minimum Gasteiger partial charge on any atom is -0.320 e. The smallest absolute Gasteiger partial charge is 0.0268 e. The first-order chi connectivity index (χ1) is 8.06. The van der Waals surface area contributed by atoms with E-state index in [1.54, 1.807) is 0 Å². The van der Waals surface area contributed by atoms with Crippen LogP contribution < -0.4 is 5.32 Å². The van der Waals surface area contributed by atoms with Gasteiger partial charge < -0.3 is 15.1 Å². The van der Waals surface area contributed by atoms with Gasteiger partial charge in [-0.25, -0.2) is 0 Å². The summed E-state index contributed by atoms with van der Waals surface area (Å²) >= 11 is 0. The molecule has 0 radical (unpaired) electrons. The molecule has 0 aromatic rings. The molecule has 0 bridgehead atoms. The van der Waals surface area contributed by atoms with Crippen molar-refractivity contribution in [2.24, 2.45) is 0 Å². The van der Waals surface area contributed by atoms with Crippen molar-refractivity contribution in [2.75, 3.05) is 61.4 Å². The van der Waals surface area contributed by atoms with E-state index in [9.17, 15) is 0 Å². The molecule has 0 aromatic carbocycles. The molecule has 4 nitrogen and oxygen atoms in total. The number of nitrogens with zero attached hydrogens (tertiary/aromatic N) is 3. The average molecular weight is 242 g/mol. The molecule has 1 aliphatic rings. The lowest BCUT2D eigenvalue weighted by Gasteiger charge is -2.11. The van der Waals surface area contributed by atoms with Gasteiger partial charge in [0.25, 0.3) is 0 Å². The van der Waals surface area contributed by atoms with Crippen LogP contribution >= 0.6 is 0 Å². The Labute approximate surface area is 107 Å². The van der Waals surface area contributed by atoms with E-state index in [0.29, 0.717) is 0 Å². The number of likely N-dealkylation sites (N-methyl/N-ethyl adjacent to an activating group) is 1. The maximum atomic E-state index is 3.26. The Bertz CT molecular complexity index is 188. The Morgan fingerprint density at radius 3 is 2.06 bits per heavy atom. The highest BCUT2D eigenvalue weighted by Crippen LogP contribution is 2.33. The molecule has 1 N–H and O–H groups in total.